The van der Waals surface area contributed by atoms with E-state index >= 15 is 0 Å². The summed E-state index contributed by atoms with van der Waals surface area (Å²) in [5, 5.41) is 4.32. The number of carbonyl (C=O) groups excluding carboxylic acids is 1. The largest absolute Gasteiger partial charge is 0.444 e. The van der Waals surface area contributed by atoms with E-state index in [1.54, 1.807) is 4.90 Å². The molecule has 1 aromatic rings. The van der Waals surface area contributed by atoms with Crippen LogP contribution in [0.3, 0.4) is 0 Å². The number of hydrogen-bond acceptors (Lipinski definition) is 4. The Hall–Kier alpha value is -1.59. The van der Waals surface area contributed by atoms with Crippen LogP contribution in [0.4, 0.5) is 4.79 Å². The zero-order chi connectivity index (χ0) is 14.2. The second-order valence-electron chi connectivity index (χ2n) is 5.88. The molecule has 0 fully saturated rings. The average Bonchev–Trinajstić information content (AvgIpc) is 2.72. The predicted molar refractivity (Wildman–Crippen MR) is 70.9 cm³/mol. The molecule has 19 heavy (non-hydrogen) atoms. The summed E-state index contributed by atoms with van der Waals surface area (Å²) in [5.74, 6) is 1.73. The first-order valence-corrected chi connectivity index (χ1v) is 6.70. The number of aryl methyl sites for hydroxylation is 1. The maximum Gasteiger partial charge on any atom is 0.410 e. The maximum atomic E-state index is 12.2. The number of rotatable bonds is 2. The minimum atomic E-state index is -0.467. The molecule has 1 aliphatic heterocycles. The quantitative estimate of drug-likeness (QED) is 0.818. The molecule has 2 rings (SSSR count). The van der Waals surface area contributed by atoms with E-state index in [2.05, 4.69) is 10.1 Å². The predicted octanol–water partition coefficient (Wildman–Crippen LogP) is 1.77. The van der Waals surface area contributed by atoms with Crippen LogP contribution in [-0.4, -0.2) is 43.9 Å². The van der Waals surface area contributed by atoms with Crippen LogP contribution >= 0.6 is 0 Å². The molecule has 0 spiro atoms. The highest BCUT2D eigenvalue weighted by molar-refractivity contribution is 5.68. The fraction of sp³-hybridized carbons (Fsp3) is 0.769. The number of fused-ring (bicyclic) bond motifs is 1. The van der Waals surface area contributed by atoms with E-state index in [1.165, 1.54) is 0 Å². The number of carbonyl (C=O) groups is 1. The van der Waals surface area contributed by atoms with Crippen LogP contribution < -0.4 is 0 Å². The van der Waals surface area contributed by atoms with E-state index in [-0.39, 0.29) is 12.1 Å². The van der Waals surface area contributed by atoms with E-state index < -0.39 is 5.60 Å². The number of likely N-dealkylation sites (N-methyl/N-ethyl adjacent to an activating group) is 1. The van der Waals surface area contributed by atoms with Crippen molar-refractivity contribution in [3.63, 3.8) is 0 Å². The van der Waals surface area contributed by atoms with Gasteiger partial charge in [-0.3, -0.25) is 0 Å². The molecule has 0 saturated heterocycles. The van der Waals surface area contributed by atoms with Crippen LogP contribution in [0.25, 0.3) is 0 Å². The third-order valence-electron chi connectivity index (χ3n) is 3.07. The van der Waals surface area contributed by atoms with Gasteiger partial charge < -0.3 is 9.64 Å². The average molecular weight is 266 g/mol. The molecular formula is C13H22N4O2. The fourth-order valence-corrected chi connectivity index (χ4v) is 2.34. The summed E-state index contributed by atoms with van der Waals surface area (Å²) in [6.45, 7) is 10.8. The van der Waals surface area contributed by atoms with Crippen molar-refractivity contribution in [2.24, 2.45) is 0 Å². The van der Waals surface area contributed by atoms with Gasteiger partial charge in [0, 0.05) is 13.0 Å². The summed E-state index contributed by atoms with van der Waals surface area (Å²) < 4.78 is 7.32. The van der Waals surface area contributed by atoms with Crippen LogP contribution in [0.2, 0.25) is 0 Å². The van der Waals surface area contributed by atoms with Gasteiger partial charge in [0.05, 0.1) is 12.6 Å². The van der Waals surface area contributed by atoms with Gasteiger partial charge >= 0.3 is 6.09 Å². The van der Waals surface area contributed by atoms with Crippen molar-refractivity contribution in [1.82, 2.24) is 19.7 Å². The van der Waals surface area contributed by atoms with Crippen LogP contribution in [0.15, 0.2) is 0 Å². The number of ether oxygens (including phenoxy) is 1. The van der Waals surface area contributed by atoms with Gasteiger partial charge in [0.15, 0.2) is 0 Å². The SMILES string of the molecule is CCN(C(=O)OC(C)(C)C)[C@@H]1Cc2nc(C)nn2C1. The van der Waals surface area contributed by atoms with Crippen molar-refractivity contribution in [1.29, 1.82) is 0 Å². The molecule has 106 valence electrons. The number of aromatic nitrogens is 3. The first-order chi connectivity index (χ1) is 8.80. The fourth-order valence-electron chi connectivity index (χ4n) is 2.34. The van der Waals surface area contributed by atoms with Gasteiger partial charge in [-0.05, 0) is 34.6 Å². The summed E-state index contributed by atoms with van der Waals surface area (Å²) in [4.78, 5) is 18.3. The van der Waals surface area contributed by atoms with Gasteiger partial charge in [-0.2, -0.15) is 5.10 Å². The molecule has 1 aliphatic rings. The zero-order valence-electron chi connectivity index (χ0n) is 12.3. The summed E-state index contributed by atoms with van der Waals surface area (Å²) in [5.41, 5.74) is -0.467. The maximum absolute atomic E-state index is 12.2. The van der Waals surface area contributed by atoms with Gasteiger partial charge in [0.1, 0.15) is 17.2 Å². The normalized spacial score (nSPS) is 18.3. The topological polar surface area (TPSA) is 60.3 Å². The third-order valence-corrected chi connectivity index (χ3v) is 3.07. The Morgan fingerprint density at radius 1 is 1.53 bits per heavy atom. The molecule has 0 saturated carbocycles. The first-order valence-electron chi connectivity index (χ1n) is 6.70. The van der Waals surface area contributed by atoms with E-state index in [1.807, 2.05) is 39.3 Å². The van der Waals surface area contributed by atoms with Crippen molar-refractivity contribution in [3.05, 3.63) is 11.6 Å². The molecular weight excluding hydrogens is 244 g/mol. The molecule has 6 heteroatoms. The lowest BCUT2D eigenvalue weighted by molar-refractivity contribution is 0.0171. The molecule has 0 radical (unpaired) electrons. The van der Waals surface area contributed by atoms with E-state index in [9.17, 15) is 4.79 Å². The van der Waals surface area contributed by atoms with Gasteiger partial charge in [0.2, 0.25) is 0 Å². The minimum absolute atomic E-state index is 0.0930. The van der Waals surface area contributed by atoms with E-state index in [0.29, 0.717) is 13.1 Å². The molecule has 0 unspecified atom stereocenters. The minimum Gasteiger partial charge on any atom is -0.444 e. The van der Waals surface area contributed by atoms with Crippen LogP contribution in [0, 0.1) is 6.92 Å². The Morgan fingerprint density at radius 2 is 2.21 bits per heavy atom. The molecule has 0 aliphatic carbocycles. The molecule has 0 bridgehead atoms. The second kappa shape index (κ2) is 4.83. The number of hydrogen-bond donors (Lipinski definition) is 0. The van der Waals surface area contributed by atoms with E-state index in [0.717, 1.165) is 18.1 Å². The highest BCUT2D eigenvalue weighted by Gasteiger charge is 2.33. The van der Waals surface area contributed by atoms with Crippen LogP contribution in [0.5, 0.6) is 0 Å². The van der Waals surface area contributed by atoms with Crippen molar-refractivity contribution in [3.8, 4) is 0 Å². The van der Waals surface area contributed by atoms with Crippen molar-refractivity contribution in [2.45, 2.75) is 59.2 Å². The van der Waals surface area contributed by atoms with Crippen molar-refractivity contribution < 1.29 is 9.53 Å². The van der Waals surface area contributed by atoms with E-state index in [4.69, 9.17) is 4.74 Å². The van der Waals surface area contributed by atoms with Gasteiger partial charge in [0.25, 0.3) is 0 Å². The zero-order valence-corrected chi connectivity index (χ0v) is 12.3. The molecule has 2 heterocycles. The third kappa shape index (κ3) is 3.05. The van der Waals surface area contributed by atoms with Gasteiger partial charge in [-0.1, -0.05) is 0 Å². The smallest absolute Gasteiger partial charge is 0.410 e. The lowest BCUT2D eigenvalue weighted by Gasteiger charge is -2.30. The molecule has 0 N–H and O–H groups in total. The molecule has 1 atom stereocenters. The number of nitrogens with zero attached hydrogens (tertiary/aromatic N) is 4. The summed E-state index contributed by atoms with van der Waals surface area (Å²) in [7, 11) is 0. The lowest BCUT2D eigenvalue weighted by Crippen LogP contribution is -2.44. The van der Waals surface area contributed by atoms with Gasteiger partial charge in [-0.15, -0.1) is 0 Å². The Morgan fingerprint density at radius 3 is 2.74 bits per heavy atom. The highest BCUT2D eigenvalue weighted by Crippen LogP contribution is 2.20. The monoisotopic (exact) mass is 266 g/mol. The summed E-state index contributed by atoms with van der Waals surface area (Å²) in [6, 6.07) is 0.0930. The van der Waals surface area contributed by atoms with Crippen LogP contribution in [-0.2, 0) is 17.7 Å². The first kappa shape index (κ1) is 13.8. The Labute approximate surface area is 113 Å². The van der Waals surface area contributed by atoms with Gasteiger partial charge in [-0.25, -0.2) is 14.5 Å². The molecule has 6 nitrogen and oxygen atoms in total. The molecule has 1 aromatic heterocycles. The molecule has 0 aromatic carbocycles. The molecule has 1 amide bonds. The Balaban J connectivity index is 2.04. The Kier molecular flexibility index (Phi) is 3.52. The number of amides is 1. The lowest BCUT2D eigenvalue weighted by atomic mass is 10.2. The van der Waals surface area contributed by atoms with Crippen molar-refractivity contribution in [2.75, 3.05) is 6.54 Å². The Bertz CT molecular complexity index is 452. The van der Waals surface area contributed by atoms with Crippen LogP contribution in [0.1, 0.15) is 39.3 Å². The highest BCUT2D eigenvalue weighted by atomic mass is 16.6. The standard InChI is InChI=1S/C13H22N4O2/c1-6-16(12(18)19-13(3,4)5)10-7-11-14-9(2)15-17(11)8-10/h10H,6-8H2,1-5H3/t10-/m1/s1. The summed E-state index contributed by atoms with van der Waals surface area (Å²) in [6.07, 6.45) is 0.482. The second-order valence-corrected chi connectivity index (χ2v) is 5.88. The summed E-state index contributed by atoms with van der Waals surface area (Å²) >= 11 is 0. The van der Waals surface area contributed by atoms with Crippen molar-refractivity contribution >= 4 is 6.09 Å².